The van der Waals surface area contributed by atoms with Gasteiger partial charge in [-0.1, -0.05) is 18.2 Å². The SMILES string of the molecule is Cc1cccc(OCCCCC(=O)N2CCNCC2c2cccnc2)c1. The van der Waals surface area contributed by atoms with Crippen LogP contribution in [-0.4, -0.2) is 42.0 Å². The molecule has 1 aromatic heterocycles. The third-order valence-electron chi connectivity index (χ3n) is 4.68. The fraction of sp³-hybridized carbons (Fsp3) is 0.429. The Morgan fingerprint density at radius 3 is 3.04 bits per heavy atom. The highest BCUT2D eigenvalue weighted by atomic mass is 16.5. The molecule has 1 atom stereocenters. The van der Waals surface area contributed by atoms with E-state index in [9.17, 15) is 4.79 Å². The quantitative estimate of drug-likeness (QED) is 0.777. The Bertz CT molecular complexity index is 705. The van der Waals surface area contributed by atoms with E-state index in [0.29, 0.717) is 13.0 Å². The van der Waals surface area contributed by atoms with E-state index in [1.54, 1.807) is 6.20 Å². The molecule has 2 aromatic rings. The number of benzene rings is 1. The fourth-order valence-corrected chi connectivity index (χ4v) is 3.29. The van der Waals surface area contributed by atoms with Crippen LogP contribution in [0.5, 0.6) is 5.75 Å². The first-order chi connectivity index (χ1) is 12.7. The van der Waals surface area contributed by atoms with Gasteiger partial charge in [0, 0.05) is 38.4 Å². The minimum absolute atomic E-state index is 0.0773. The summed E-state index contributed by atoms with van der Waals surface area (Å²) < 4.78 is 5.76. The van der Waals surface area contributed by atoms with Gasteiger partial charge in [-0.15, -0.1) is 0 Å². The van der Waals surface area contributed by atoms with Gasteiger partial charge in [0.2, 0.25) is 5.91 Å². The Hall–Kier alpha value is -2.40. The summed E-state index contributed by atoms with van der Waals surface area (Å²) in [5.41, 5.74) is 2.29. The first kappa shape index (κ1) is 18.4. The topological polar surface area (TPSA) is 54.5 Å². The third kappa shape index (κ3) is 5.05. The molecule has 138 valence electrons. The molecule has 0 radical (unpaired) electrons. The van der Waals surface area contributed by atoms with Crippen LogP contribution in [-0.2, 0) is 4.79 Å². The van der Waals surface area contributed by atoms with Gasteiger partial charge in [-0.05, 0) is 49.1 Å². The lowest BCUT2D eigenvalue weighted by atomic mass is 10.0. The second-order valence-electron chi connectivity index (χ2n) is 6.72. The standard InChI is InChI=1S/C21H27N3O2/c1-17-6-4-8-19(14-17)26-13-3-2-9-21(25)24-12-11-23-16-20(24)18-7-5-10-22-15-18/h4-8,10,14-15,20,23H,2-3,9,11-13,16H2,1H3. The van der Waals surface area contributed by atoms with Gasteiger partial charge in [-0.2, -0.15) is 0 Å². The molecule has 0 aliphatic carbocycles. The van der Waals surface area contributed by atoms with Crippen LogP contribution in [0.1, 0.15) is 36.4 Å². The summed E-state index contributed by atoms with van der Waals surface area (Å²) in [4.78, 5) is 18.9. The zero-order valence-electron chi connectivity index (χ0n) is 15.4. The summed E-state index contributed by atoms with van der Waals surface area (Å²) in [6, 6.07) is 12.1. The van der Waals surface area contributed by atoms with E-state index in [4.69, 9.17) is 4.74 Å². The number of ether oxygens (including phenoxy) is 1. The van der Waals surface area contributed by atoms with E-state index >= 15 is 0 Å². The van der Waals surface area contributed by atoms with Gasteiger partial charge in [0.1, 0.15) is 5.75 Å². The maximum atomic E-state index is 12.7. The molecule has 26 heavy (non-hydrogen) atoms. The largest absolute Gasteiger partial charge is 0.494 e. The average molecular weight is 353 g/mol. The van der Waals surface area contributed by atoms with Crippen molar-refractivity contribution in [2.45, 2.75) is 32.2 Å². The van der Waals surface area contributed by atoms with Gasteiger partial charge < -0.3 is 15.0 Å². The summed E-state index contributed by atoms with van der Waals surface area (Å²) in [5.74, 6) is 1.12. The van der Waals surface area contributed by atoms with E-state index in [-0.39, 0.29) is 11.9 Å². The van der Waals surface area contributed by atoms with Crippen LogP contribution < -0.4 is 10.1 Å². The predicted octanol–water partition coefficient (Wildman–Crippen LogP) is 3.11. The molecule has 5 heteroatoms. The number of piperazine rings is 1. The van der Waals surface area contributed by atoms with Crippen molar-refractivity contribution in [3.63, 3.8) is 0 Å². The lowest BCUT2D eigenvalue weighted by Crippen LogP contribution is -2.48. The number of carbonyl (C=O) groups is 1. The van der Waals surface area contributed by atoms with Gasteiger partial charge >= 0.3 is 0 Å². The van der Waals surface area contributed by atoms with E-state index in [1.165, 1.54) is 5.56 Å². The molecular formula is C21H27N3O2. The molecule has 1 saturated heterocycles. The average Bonchev–Trinajstić information content (AvgIpc) is 2.68. The number of hydrogen-bond donors (Lipinski definition) is 1. The second kappa shape index (κ2) is 9.34. The van der Waals surface area contributed by atoms with Crippen LogP contribution in [0, 0.1) is 6.92 Å². The lowest BCUT2D eigenvalue weighted by Gasteiger charge is -2.36. The monoisotopic (exact) mass is 353 g/mol. The molecule has 3 rings (SSSR count). The summed E-state index contributed by atoms with van der Waals surface area (Å²) in [7, 11) is 0. The van der Waals surface area contributed by atoms with Crippen molar-refractivity contribution < 1.29 is 9.53 Å². The number of nitrogens with one attached hydrogen (secondary N) is 1. The van der Waals surface area contributed by atoms with E-state index < -0.39 is 0 Å². The van der Waals surface area contributed by atoms with Crippen molar-refractivity contribution in [2.75, 3.05) is 26.2 Å². The molecule has 1 aliphatic rings. The second-order valence-corrected chi connectivity index (χ2v) is 6.72. The highest BCUT2D eigenvalue weighted by Gasteiger charge is 2.27. The summed E-state index contributed by atoms with van der Waals surface area (Å²) >= 11 is 0. The number of hydrogen-bond acceptors (Lipinski definition) is 4. The molecule has 1 aromatic carbocycles. The molecule has 1 amide bonds. The minimum atomic E-state index is 0.0773. The fourth-order valence-electron chi connectivity index (χ4n) is 3.29. The number of aromatic nitrogens is 1. The molecule has 5 nitrogen and oxygen atoms in total. The van der Waals surface area contributed by atoms with Crippen LogP contribution in [0.4, 0.5) is 0 Å². The Kier molecular flexibility index (Phi) is 6.61. The summed E-state index contributed by atoms with van der Waals surface area (Å²) in [5, 5.41) is 3.38. The Morgan fingerprint density at radius 2 is 2.23 bits per heavy atom. The highest BCUT2D eigenvalue weighted by Crippen LogP contribution is 2.22. The number of pyridine rings is 1. The number of rotatable bonds is 7. The number of carbonyl (C=O) groups excluding carboxylic acids is 1. The van der Waals surface area contributed by atoms with Crippen molar-refractivity contribution >= 4 is 5.91 Å². The zero-order chi connectivity index (χ0) is 18.2. The molecule has 2 heterocycles. The van der Waals surface area contributed by atoms with Gasteiger partial charge in [-0.3, -0.25) is 9.78 Å². The Morgan fingerprint density at radius 1 is 1.31 bits per heavy atom. The molecule has 1 fully saturated rings. The molecule has 0 spiro atoms. The number of aryl methyl sites for hydroxylation is 1. The molecule has 1 aliphatic heterocycles. The molecule has 1 unspecified atom stereocenters. The van der Waals surface area contributed by atoms with Crippen molar-refractivity contribution in [1.82, 2.24) is 15.2 Å². The highest BCUT2D eigenvalue weighted by molar-refractivity contribution is 5.76. The Labute approximate surface area is 155 Å². The van der Waals surface area contributed by atoms with Crippen molar-refractivity contribution in [3.05, 3.63) is 59.9 Å². The normalized spacial score (nSPS) is 17.1. The third-order valence-corrected chi connectivity index (χ3v) is 4.68. The molecule has 1 N–H and O–H groups in total. The van der Waals surface area contributed by atoms with Crippen molar-refractivity contribution in [3.8, 4) is 5.75 Å². The first-order valence-electron chi connectivity index (χ1n) is 9.33. The zero-order valence-corrected chi connectivity index (χ0v) is 15.4. The van der Waals surface area contributed by atoms with Crippen molar-refractivity contribution in [2.24, 2.45) is 0 Å². The van der Waals surface area contributed by atoms with Gasteiger partial charge in [0.25, 0.3) is 0 Å². The minimum Gasteiger partial charge on any atom is -0.494 e. The van der Waals surface area contributed by atoms with Crippen LogP contribution in [0.25, 0.3) is 0 Å². The van der Waals surface area contributed by atoms with E-state index in [0.717, 1.165) is 43.8 Å². The van der Waals surface area contributed by atoms with Gasteiger partial charge in [0.15, 0.2) is 0 Å². The summed E-state index contributed by atoms with van der Waals surface area (Å²) in [6.07, 6.45) is 5.90. The molecule has 0 bridgehead atoms. The molecular weight excluding hydrogens is 326 g/mol. The van der Waals surface area contributed by atoms with E-state index in [2.05, 4.69) is 23.3 Å². The lowest BCUT2D eigenvalue weighted by molar-refractivity contribution is -0.134. The van der Waals surface area contributed by atoms with Crippen LogP contribution >= 0.6 is 0 Å². The van der Waals surface area contributed by atoms with Gasteiger partial charge in [0.05, 0.1) is 12.6 Å². The first-order valence-corrected chi connectivity index (χ1v) is 9.33. The number of unbranched alkanes of at least 4 members (excludes halogenated alkanes) is 1. The smallest absolute Gasteiger partial charge is 0.223 e. The Balaban J connectivity index is 1.44. The van der Waals surface area contributed by atoms with Crippen molar-refractivity contribution in [1.29, 1.82) is 0 Å². The van der Waals surface area contributed by atoms with Crippen LogP contribution in [0.3, 0.4) is 0 Å². The summed E-state index contributed by atoms with van der Waals surface area (Å²) in [6.45, 7) is 5.08. The van der Waals surface area contributed by atoms with Crippen LogP contribution in [0.15, 0.2) is 48.8 Å². The van der Waals surface area contributed by atoms with E-state index in [1.807, 2.05) is 41.4 Å². The molecule has 0 saturated carbocycles. The maximum Gasteiger partial charge on any atom is 0.223 e. The predicted molar refractivity (Wildman–Crippen MR) is 102 cm³/mol. The van der Waals surface area contributed by atoms with Gasteiger partial charge in [-0.25, -0.2) is 0 Å². The number of amides is 1. The number of nitrogens with zero attached hydrogens (tertiary/aromatic N) is 2. The maximum absolute atomic E-state index is 12.7. The van der Waals surface area contributed by atoms with Crippen LogP contribution in [0.2, 0.25) is 0 Å².